The van der Waals surface area contributed by atoms with E-state index in [2.05, 4.69) is 47.9 Å². The molecule has 5 heteroatoms. The zero-order chi connectivity index (χ0) is 17.0. The second-order valence-corrected chi connectivity index (χ2v) is 6.73. The first-order valence-electron chi connectivity index (χ1n) is 8.22. The highest BCUT2D eigenvalue weighted by Gasteiger charge is 2.26. The number of anilines is 1. The summed E-state index contributed by atoms with van der Waals surface area (Å²) in [4.78, 5) is 18.6. The zero-order valence-corrected chi connectivity index (χ0v) is 15.0. The minimum atomic E-state index is 0.155. The van der Waals surface area contributed by atoms with Crippen LogP contribution in [0.5, 0.6) is 0 Å². The van der Waals surface area contributed by atoms with Crippen molar-refractivity contribution >= 4 is 11.6 Å². The number of hydrogen-bond donors (Lipinski definition) is 0. The maximum atomic E-state index is 12.5. The molecule has 1 fully saturated rings. The molecule has 0 radical (unpaired) electrons. The molecule has 1 heterocycles. The molecular formula is C18H29N3O2. The van der Waals surface area contributed by atoms with Crippen molar-refractivity contribution in [3.05, 3.63) is 29.8 Å². The number of likely N-dealkylation sites (N-methyl/N-ethyl adjacent to an activating group) is 1. The highest BCUT2D eigenvalue weighted by molar-refractivity contribution is 5.78. The Morgan fingerprint density at radius 3 is 2.48 bits per heavy atom. The van der Waals surface area contributed by atoms with Gasteiger partial charge in [0, 0.05) is 46.0 Å². The van der Waals surface area contributed by atoms with Gasteiger partial charge in [-0.05, 0) is 31.5 Å². The van der Waals surface area contributed by atoms with E-state index in [-0.39, 0.29) is 12.0 Å². The van der Waals surface area contributed by atoms with Gasteiger partial charge in [0.15, 0.2) is 0 Å². The third kappa shape index (κ3) is 4.94. The van der Waals surface area contributed by atoms with Crippen molar-refractivity contribution in [2.24, 2.45) is 0 Å². The lowest BCUT2D eigenvalue weighted by Gasteiger charge is -2.37. The van der Waals surface area contributed by atoms with Crippen LogP contribution < -0.4 is 4.90 Å². The molecule has 1 aliphatic heterocycles. The van der Waals surface area contributed by atoms with Crippen LogP contribution in [0, 0.1) is 0 Å². The number of hydrogen-bond acceptors (Lipinski definition) is 4. The van der Waals surface area contributed by atoms with Gasteiger partial charge in [-0.3, -0.25) is 9.69 Å². The summed E-state index contributed by atoms with van der Waals surface area (Å²) >= 11 is 0. The van der Waals surface area contributed by atoms with Gasteiger partial charge >= 0.3 is 0 Å². The number of nitrogens with zero attached hydrogens (tertiary/aromatic N) is 3. The number of amides is 1. The summed E-state index contributed by atoms with van der Waals surface area (Å²) in [6.07, 6.45) is 0.197. The van der Waals surface area contributed by atoms with Crippen LogP contribution >= 0.6 is 0 Å². The molecule has 2 atom stereocenters. The van der Waals surface area contributed by atoms with E-state index in [1.54, 1.807) is 4.90 Å². The molecule has 1 aliphatic rings. The summed E-state index contributed by atoms with van der Waals surface area (Å²) in [5.74, 6) is 0.155. The molecule has 5 nitrogen and oxygen atoms in total. The van der Waals surface area contributed by atoms with Crippen LogP contribution in [0.4, 0.5) is 5.69 Å². The summed E-state index contributed by atoms with van der Waals surface area (Å²) in [5.41, 5.74) is 2.31. The summed E-state index contributed by atoms with van der Waals surface area (Å²) < 4.78 is 5.62. The third-order valence-electron chi connectivity index (χ3n) is 4.37. The number of ether oxygens (including phenoxy) is 1. The molecule has 0 aromatic heterocycles. The molecule has 0 saturated carbocycles. The molecule has 2 rings (SSSR count). The second kappa shape index (κ2) is 7.79. The van der Waals surface area contributed by atoms with Crippen molar-refractivity contribution in [3.63, 3.8) is 0 Å². The highest BCUT2D eigenvalue weighted by atomic mass is 16.5. The van der Waals surface area contributed by atoms with Crippen LogP contribution in [-0.4, -0.2) is 68.7 Å². The third-order valence-corrected chi connectivity index (χ3v) is 4.37. The van der Waals surface area contributed by atoms with Gasteiger partial charge in [0.1, 0.15) is 0 Å². The molecular weight excluding hydrogens is 290 g/mol. The predicted octanol–water partition coefficient (Wildman–Crippen LogP) is 1.82. The number of carbonyl (C=O) groups is 1. The van der Waals surface area contributed by atoms with Gasteiger partial charge < -0.3 is 14.5 Å². The predicted molar refractivity (Wildman–Crippen MR) is 93.7 cm³/mol. The maximum absolute atomic E-state index is 12.5. The molecule has 1 saturated heterocycles. The van der Waals surface area contributed by atoms with Crippen LogP contribution in [0.25, 0.3) is 0 Å². The molecule has 0 N–H and O–H groups in total. The Balaban J connectivity index is 1.89. The Labute approximate surface area is 139 Å². The lowest BCUT2D eigenvalue weighted by molar-refractivity contribution is -0.135. The van der Waals surface area contributed by atoms with Gasteiger partial charge in [-0.25, -0.2) is 0 Å². The second-order valence-electron chi connectivity index (χ2n) is 6.73. The minimum absolute atomic E-state index is 0.155. The van der Waals surface area contributed by atoms with Crippen molar-refractivity contribution in [3.8, 4) is 0 Å². The largest absolute Gasteiger partial charge is 0.378 e. The Morgan fingerprint density at radius 2 is 1.87 bits per heavy atom. The van der Waals surface area contributed by atoms with E-state index >= 15 is 0 Å². The van der Waals surface area contributed by atoms with E-state index < -0.39 is 0 Å². The molecule has 1 amide bonds. The van der Waals surface area contributed by atoms with E-state index in [0.29, 0.717) is 25.7 Å². The van der Waals surface area contributed by atoms with E-state index in [1.165, 1.54) is 5.69 Å². The van der Waals surface area contributed by atoms with Crippen molar-refractivity contribution in [1.82, 2.24) is 9.80 Å². The summed E-state index contributed by atoms with van der Waals surface area (Å²) in [7, 11) is 5.92. The van der Waals surface area contributed by atoms with Gasteiger partial charge in [0.2, 0.25) is 5.91 Å². The molecule has 0 aliphatic carbocycles. The van der Waals surface area contributed by atoms with Crippen molar-refractivity contribution in [1.29, 1.82) is 0 Å². The molecule has 23 heavy (non-hydrogen) atoms. The van der Waals surface area contributed by atoms with Gasteiger partial charge in [-0.2, -0.15) is 0 Å². The summed E-state index contributed by atoms with van der Waals surface area (Å²) in [5, 5.41) is 0. The maximum Gasteiger partial charge on any atom is 0.236 e. The van der Waals surface area contributed by atoms with Crippen molar-refractivity contribution in [2.45, 2.75) is 32.5 Å². The van der Waals surface area contributed by atoms with Crippen molar-refractivity contribution < 1.29 is 9.53 Å². The first-order valence-corrected chi connectivity index (χ1v) is 8.22. The van der Waals surface area contributed by atoms with Crippen LogP contribution in [0.15, 0.2) is 24.3 Å². The fraction of sp³-hybridized carbons (Fsp3) is 0.611. The number of carbonyl (C=O) groups excluding carboxylic acids is 1. The molecule has 128 valence electrons. The minimum Gasteiger partial charge on any atom is -0.378 e. The van der Waals surface area contributed by atoms with E-state index in [4.69, 9.17) is 4.74 Å². The number of morpholine rings is 1. The van der Waals surface area contributed by atoms with Gasteiger partial charge in [-0.15, -0.1) is 0 Å². The number of rotatable bonds is 5. The van der Waals surface area contributed by atoms with Crippen LogP contribution in [-0.2, 0) is 16.1 Å². The summed E-state index contributed by atoms with van der Waals surface area (Å²) in [6.45, 7) is 6.78. The van der Waals surface area contributed by atoms with Crippen LogP contribution in [0.2, 0.25) is 0 Å². The lowest BCUT2D eigenvalue weighted by Crippen LogP contribution is -2.51. The van der Waals surface area contributed by atoms with Crippen LogP contribution in [0.1, 0.15) is 19.4 Å². The first kappa shape index (κ1) is 17.8. The molecule has 0 bridgehead atoms. The smallest absolute Gasteiger partial charge is 0.236 e. The Morgan fingerprint density at radius 1 is 1.22 bits per heavy atom. The highest BCUT2D eigenvalue weighted by Crippen LogP contribution is 2.14. The standard InChI is InChI=1S/C18H29N3O2/c1-14-13-23-15(2)10-21(14)12-18(22)20(5)11-16-6-8-17(9-7-16)19(3)4/h6-9,14-15H,10-13H2,1-5H3. The Hall–Kier alpha value is -1.59. The van der Waals surface area contributed by atoms with E-state index in [0.717, 1.165) is 12.1 Å². The fourth-order valence-corrected chi connectivity index (χ4v) is 2.75. The molecule has 1 aromatic rings. The Kier molecular flexibility index (Phi) is 6.02. The first-order chi connectivity index (χ1) is 10.9. The quantitative estimate of drug-likeness (QED) is 0.829. The van der Waals surface area contributed by atoms with Crippen LogP contribution in [0.3, 0.4) is 0 Å². The van der Waals surface area contributed by atoms with Crippen molar-refractivity contribution in [2.75, 3.05) is 45.7 Å². The SMILES string of the molecule is CC1CN(CC(=O)N(C)Cc2ccc(N(C)C)cc2)C(C)CO1. The average molecular weight is 319 g/mol. The van der Waals surface area contributed by atoms with E-state index in [9.17, 15) is 4.79 Å². The monoisotopic (exact) mass is 319 g/mol. The fourth-order valence-electron chi connectivity index (χ4n) is 2.75. The zero-order valence-electron chi connectivity index (χ0n) is 15.0. The normalized spacial score (nSPS) is 22.0. The number of benzene rings is 1. The lowest BCUT2D eigenvalue weighted by atomic mass is 10.2. The average Bonchev–Trinajstić information content (AvgIpc) is 2.51. The molecule has 2 unspecified atom stereocenters. The van der Waals surface area contributed by atoms with Gasteiger partial charge in [0.05, 0.1) is 19.3 Å². The van der Waals surface area contributed by atoms with Gasteiger partial charge in [0.25, 0.3) is 0 Å². The molecule has 0 spiro atoms. The van der Waals surface area contributed by atoms with Gasteiger partial charge in [-0.1, -0.05) is 12.1 Å². The Bertz CT molecular complexity index is 516. The topological polar surface area (TPSA) is 36.0 Å². The summed E-state index contributed by atoms with van der Waals surface area (Å²) in [6, 6.07) is 8.62. The molecule has 1 aromatic carbocycles. The van der Waals surface area contributed by atoms with E-state index in [1.807, 2.05) is 21.1 Å².